The molecule has 2 aromatic carbocycles. The fourth-order valence-electron chi connectivity index (χ4n) is 4.20. The third-order valence-corrected chi connectivity index (χ3v) is 5.98. The summed E-state index contributed by atoms with van der Waals surface area (Å²) in [4.78, 5) is 9.63. The van der Waals surface area contributed by atoms with Crippen molar-refractivity contribution in [3.05, 3.63) is 42.0 Å². The molecule has 29 heavy (non-hydrogen) atoms. The molecule has 5 rings (SSSR count). The van der Waals surface area contributed by atoms with Gasteiger partial charge >= 0.3 is 0 Å². The first-order valence-electron chi connectivity index (χ1n) is 10.4. The zero-order valence-electron chi connectivity index (χ0n) is 17.5. The monoisotopic (exact) mass is 388 g/mol. The third kappa shape index (κ3) is 3.03. The number of imidazole rings is 2. The molecule has 1 aliphatic rings. The first-order valence-corrected chi connectivity index (χ1v) is 10.4. The number of benzene rings is 2. The molecular weight excluding hydrogens is 360 g/mol. The number of aryl methyl sites for hydroxylation is 2. The van der Waals surface area contributed by atoms with Gasteiger partial charge in [-0.3, -0.25) is 0 Å². The molecule has 150 valence electrons. The Bertz CT molecular complexity index is 1230. The van der Waals surface area contributed by atoms with Crippen molar-refractivity contribution in [2.24, 2.45) is 13.0 Å². The Balaban J connectivity index is 1.57. The van der Waals surface area contributed by atoms with Gasteiger partial charge in [0, 0.05) is 19.5 Å². The molecular formula is C23H28N6. The molecule has 2 aromatic heterocycles. The quantitative estimate of drug-likeness (QED) is 0.467. The average Bonchev–Trinajstić information content (AvgIpc) is 3.37. The highest BCUT2D eigenvalue weighted by atomic mass is 15.1. The Hall–Kier alpha value is -3.02. The first-order chi connectivity index (χ1) is 13.9. The normalized spacial score (nSPS) is 14.4. The summed E-state index contributed by atoms with van der Waals surface area (Å²) in [5.74, 6) is 3.30. The van der Waals surface area contributed by atoms with Gasteiger partial charge in [0.2, 0.25) is 0 Å². The van der Waals surface area contributed by atoms with E-state index < -0.39 is 0 Å². The number of fused-ring (bicyclic) bond motifs is 2. The molecule has 0 bridgehead atoms. The molecule has 4 aromatic rings. The smallest absolute Gasteiger partial charge is 0.112 e. The van der Waals surface area contributed by atoms with Crippen LogP contribution < -0.4 is 11.1 Å². The molecule has 6 nitrogen and oxygen atoms in total. The number of nitrogen functional groups attached to an aromatic ring is 1. The number of rotatable bonds is 5. The van der Waals surface area contributed by atoms with Gasteiger partial charge in [0.25, 0.3) is 0 Å². The molecule has 3 N–H and O–H groups in total. The topological polar surface area (TPSA) is 73.7 Å². The standard InChI is InChI=1S/C23H28N6/c1-13(2)23-27-19-10-16(24)18(11-21(19)28(23)4)26-17-6-5-7-20-22(17)25-14(3)29(20)12-15-8-9-15/h5-7,10-11,13,15,26H,8-9,12,24H2,1-4H3. The fraction of sp³-hybridized carbons (Fsp3) is 0.391. The summed E-state index contributed by atoms with van der Waals surface area (Å²) in [7, 11) is 2.06. The van der Waals surface area contributed by atoms with Crippen LogP contribution >= 0.6 is 0 Å². The van der Waals surface area contributed by atoms with Gasteiger partial charge in [0.1, 0.15) is 17.2 Å². The third-order valence-electron chi connectivity index (χ3n) is 5.98. The van der Waals surface area contributed by atoms with Crippen LogP contribution in [0.1, 0.15) is 44.3 Å². The Labute approximate surface area is 170 Å². The van der Waals surface area contributed by atoms with E-state index in [9.17, 15) is 0 Å². The van der Waals surface area contributed by atoms with Crippen LogP contribution in [0.3, 0.4) is 0 Å². The molecule has 0 amide bonds. The zero-order chi connectivity index (χ0) is 20.3. The van der Waals surface area contributed by atoms with Crippen molar-refractivity contribution >= 4 is 39.1 Å². The van der Waals surface area contributed by atoms with E-state index in [0.29, 0.717) is 11.6 Å². The van der Waals surface area contributed by atoms with Crippen molar-refractivity contribution in [2.75, 3.05) is 11.1 Å². The van der Waals surface area contributed by atoms with Gasteiger partial charge in [-0.1, -0.05) is 19.9 Å². The van der Waals surface area contributed by atoms with E-state index in [1.807, 2.05) is 6.07 Å². The highest BCUT2D eigenvalue weighted by Gasteiger charge is 2.24. The van der Waals surface area contributed by atoms with Gasteiger partial charge in [-0.05, 0) is 49.9 Å². The minimum Gasteiger partial charge on any atom is -0.397 e. The van der Waals surface area contributed by atoms with E-state index in [-0.39, 0.29) is 0 Å². The Kier molecular flexibility index (Phi) is 4.05. The molecule has 0 atom stereocenters. The maximum atomic E-state index is 6.39. The van der Waals surface area contributed by atoms with Crippen LogP contribution in [0, 0.1) is 12.8 Å². The second-order valence-electron chi connectivity index (χ2n) is 8.62. The highest BCUT2D eigenvalue weighted by Crippen LogP contribution is 2.35. The van der Waals surface area contributed by atoms with Crippen LogP contribution in [0.5, 0.6) is 0 Å². The number of hydrogen-bond donors (Lipinski definition) is 2. The average molecular weight is 389 g/mol. The van der Waals surface area contributed by atoms with Gasteiger partial charge in [0.05, 0.1) is 33.6 Å². The predicted octanol–water partition coefficient (Wildman–Crippen LogP) is 5.09. The van der Waals surface area contributed by atoms with Crippen LogP contribution in [0.2, 0.25) is 0 Å². The maximum absolute atomic E-state index is 6.39. The van der Waals surface area contributed by atoms with E-state index in [0.717, 1.165) is 52.0 Å². The lowest BCUT2D eigenvalue weighted by Crippen LogP contribution is -2.02. The summed E-state index contributed by atoms with van der Waals surface area (Å²) < 4.78 is 4.50. The molecule has 1 aliphatic carbocycles. The van der Waals surface area contributed by atoms with Crippen LogP contribution in [0.25, 0.3) is 22.1 Å². The number of hydrogen-bond acceptors (Lipinski definition) is 4. The van der Waals surface area contributed by atoms with E-state index in [2.05, 4.69) is 66.5 Å². The van der Waals surface area contributed by atoms with Gasteiger partial charge in [0.15, 0.2) is 0 Å². The summed E-state index contributed by atoms with van der Waals surface area (Å²) in [6, 6.07) is 10.4. The summed E-state index contributed by atoms with van der Waals surface area (Å²) in [6.45, 7) is 7.47. The van der Waals surface area contributed by atoms with Crippen molar-refractivity contribution in [3.8, 4) is 0 Å². The number of para-hydroxylation sites is 1. The molecule has 1 fully saturated rings. The SMILES string of the molecule is Cc1nc2c(Nc3cc4c(cc3N)nc(C(C)C)n4C)cccc2n1CC1CC1. The molecule has 0 spiro atoms. The van der Waals surface area contributed by atoms with E-state index in [1.54, 1.807) is 0 Å². The van der Waals surface area contributed by atoms with Crippen LogP contribution in [0.4, 0.5) is 17.1 Å². The van der Waals surface area contributed by atoms with Crippen LogP contribution in [-0.2, 0) is 13.6 Å². The van der Waals surface area contributed by atoms with Gasteiger partial charge in [-0.25, -0.2) is 9.97 Å². The van der Waals surface area contributed by atoms with Crippen LogP contribution in [0.15, 0.2) is 30.3 Å². The minimum absolute atomic E-state index is 0.359. The lowest BCUT2D eigenvalue weighted by molar-refractivity contribution is 0.626. The van der Waals surface area contributed by atoms with Gasteiger partial charge in [-0.15, -0.1) is 0 Å². The second kappa shape index (κ2) is 6.51. The number of anilines is 3. The van der Waals surface area contributed by atoms with E-state index in [1.165, 1.54) is 18.4 Å². The van der Waals surface area contributed by atoms with E-state index >= 15 is 0 Å². The van der Waals surface area contributed by atoms with Crippen molar-refractivity contribution in [2.45, 2.75) is 46.1 Å². The molecule has 0 radical (unpaired) electrons. The molecule has 0 unspecified atom stereocenters. The van der Waals surface area contributed by atoms with Crippen molar-refractivity contribution in [1.29, 1.82) is 0 Å². The lowest BCUT2D eigenvalue weighted by Gasteiger charge is -2.11. The largest absolute Gasteiger partial charge is 0.397 e. The zero-order valence-corrected chi connectivity index (χ0v) is 17.5. The molecule has 6 heteroatoms. The van der Waals surface area contributed by atoms with Crippen molar-refractivity contribution in [3.63, 3.8) is 0 Å². The molecule has 1 saturated carbocycles. The minimum atomic E-state index is 0.359. The van der Waals surface area contributed by atoms with Gasteiger partial charge < -0.3 is 20.2 Å². The Morgan fingerprint density at radius 1 is 1.14 bits per heavy atom. The summed E-state index contributed by atoms with van der Waals surface area (Å²) in [6.07, 6.45) is 2.66. The van der Waals surface area contributed by atoms with Crippen molar-refractivity contribution in [1.82, 2.24) is 19.1 Å². The lowest BCUT2D eigenvalue weighted by atomic mass is 10.2. The summed E-state index contributed by atoms with van der Waals surface area (Å²) in [5.41, 5.74) is 13.1. The van der Waals surface area contributed by atoms with E-state index in [4.69, 9.17) is 15.7 Å². The number of nitrogens with zero attached hydrogens (tertiary/aromatic N) is 4. The summed E-state index contributed by atoms with van der Waals surface area (Å²) in [5, 5.41) is 3.54. The molecule has 0 saturated heterocycles. The predicted molar refractivity (Wildman–Crippen MR) is 120 cm³/mol. The Morgan fingerprint density at radius 2 is 1.93 bits per heavy atom. The fourth-order valence-corrected chi connectivity index (χ4v) is 4.20. The van der Waals surface area contributed by atoms with Crippen molar-refractivity contribution < 1.29 is 0 Å². The number of aromatic nitrogens is 4. The Morgan fingerprint density at radius 3 is 2.66 bits per heavy atom. The first kappa shape index (κ1) is 18.0. The maximum Gasteiger partial charge on any atom is 0.112 e. The highest BCUT2D eigenvalue weighted by molar-refractivity contribution is 5.95. The second-order valence-corrected chi connectivity index (χ2v) is 8.62. The number of nitrogens with one attached hydrogen (secondary N) is 1. The molecule has 0 aliphatic heterocycles. The number of nitrogens with two attached hydrogens (primary N) is 1. The summed E-state index contributed by atoms with van der Waals surface area (Å²) >= 11 is 0. The van der Waals surface area contributed by atoms with Gasteiger partial charge in [-0.2, -0.15) is 0 Å². The van der Waals surface area contributed by atoms with Crippen LogP contribution in [-0.4, -0.2) is 19.1 Å². The molecule has 2 heterocycles.